The number of carbonyl (C=O) groups is 1. The summed E-state index contributed by atoms with van der Waals surface area (Å²) < 4.78 is 9.85. The third-order valence-electron chi connectivity index (χ3n) is 2.45. The number of nitrogens with zero attached hydrogens (tertiary/aromatic N) is 1. The zero-order valence-electron chi connectivity index (χ0n) is 10.2. The van der Waals surface area contributed by atoms with Gasteiger partial charge in [-0.2, -0.15) is 0 Å². The first-order chi connectivity index (χ1) is 8.70. The highest BCUT2D eigenvalue weighted by atomic mass is 32.2. The summed E-state index contributed by atoms with van der Waals surface area (Å²) in [6.07, 6.45) is 3.12. The molecular weight excluding hydrogens is 250 g/mol. The van der Waals surface area contributed by atoms with Gasteiger partial charge in [-0.1, -0.05) is 0 Å². The number of oxazole rings is 1. The predicted octanol–water partition coefficient (Wildman–Crippen LogP) is 3.06. The van der Waals surface area contributed by atoms with E-state index in [0.717, 1.165) is 22.0 Å². The third kappa shape index (κ3) is 2.92. The van der Waals surface area contributed by atoms with Gasteiger partial charge in [-0.05, 0) is 30.7 Å². The van der Waals surface area contributed by atoms with E-state index in [4.69, 9.17) is 4.42 Å². The number of ether oxygens (including phenoxy) is 1. The Morgan fingerprint density at radius 3 is 2.94 bits per heavy atom. The molecule has 0 bridgehead atoms. The molecule has 5 heteroatoms. The van der Waals surface area contributed by atoms with Crippen molar-refractivity contribution in [3.05, 3.63) is 47.7 Å². The number of benzene rings is 1. The van der Waals surface area contributed by atoms with Gasteiger partial charge < -0.3 is 9.15 Å². The van der Waals surface area contributed by atoms with Gasteiger partial charge in [-0.3, -0.25) is 0 Å². The van der Waals surface area contributed by atoms with Crippen molar-refractivity contribution in [3.63, 3.8) is 0 Å². The van der Waals surface area contributed by atoms with Crippen molar-refractivity contribution in [2.24, 2.45) is 0 Å². The highest BCUT2D eigenvalue weighted by Crippen LogP contribution is 2.26. The molecule has 0 atom stereocenters. The smallest absolute Gasteiger partial charge is 0.337 e. The molecule has 0 radical (unpaired) electrons. The molecule has 0 amide bonds. The fourth-order valence-electron chi connectivity index (χ4n) is 1.52. The van der Waals surface area contributed by atoms with Crippen LogP contribution in [0.15, 0.2) is 40.1 Å². The zero-order chi connectivity index (χ0) is 13.0. The maximum atomic E-state index is 11.4. The SMILES string of the molecule is COC(=O)c1ccc(SCc2cnco2)c(C)c1. The molecule has 1 aromatic carbocycles. The molecule has 18 heavy (non-hydrogen) atoms. The van der Waals surface area contributed by atoms with Gasteiger partial charge in [0.05, 0.1) is 24.6 Å². The summed E-state index contributed by atoms with van der Waals surface area (Å²) in [7, 11) is 1.38. The van der Waals surface area contributed by atoms with Gasteiger partial charge in [0, 0.05) is 4.90 Å². The summed E-state index contributed by atoms with van der Waals surface area (Å²) in [6, 6.07) is 5.51. The Labute approximate surface area is 109 Å². The Balaban J connectivity index is 2.08. The Kier molecular flexibility index (Phi) is 4.04. The first-order valence-corrected chi connectivity index (χ1v) is 6.38. The van der Waals surface area contributed by atoms with Crippen LogP contribution in [0.1, 0.15) is 21.7 Å². The molecule has 0 unspecified atom stereocenters. The number of hydrogen-bond acceptors (Lipinski definition) is 5. The molecule has 4 nitrogen and oxygen atoms in total. The number of methoxy groups -OCH3 is 1. The van der Waals surface area contributed by atoms with Crippen LogP contribution in [-0.4, -0.2) is 18.1 Å². The topological polar surface area (TPSA) is 52.3 Å². The summed E-state index contributed by atoms with van der Waals surface area (Å²) in [5, 5.41) is 0. The lowest BCUT2D eigenvalue weighted by Gasteiger charge is -2.06. The largest absolute Gasteiger partial charge is 0.465 e. The van der Waals surface area contributed by atoms with Gasteiger partial charge in [0.25, 0.3) is 0 Å². The maximum absolute atomic E-state index is 11.4. The minimum Gasteiger partial charge on any atom is -0.465 e. The van der Waals surface area contributed by atoms with Crippen LogP contribution in [0.25, 0.3) is 0 Å². The highest BCUT2D eigenvalue weighted by molar-refractivity contribution is 7.98. The molecule has 0 N–H and O–H groups in total. The van der Waals surface area contributed by atoms with Crippen LogP contribution in [0.5, 0.6) is 0 Å². The molecule has 0 aliphatic heterocycles. The molecular formula is C13H13NO3S. The van der Waals surface area contributed by atoms with Crippen molar-refractivity contribution in [2.45, 2.75) is 17.6 Å². The number of esters is 1. The van der Waals surface area contributed by atoms with Crippen molar-refractivity contribution in [1.82, 2.24) is 4.98 Å². The summed E-state index contributed by atoms with van der Waals surface area (Å²) in [5.74, 6) is 1.24. The van der Waals surface area contributed by atoms with Gasteiger partial charge in [-0.15, -0.1) is 11.8 Å². The van der Waals surface area contributed by atoms with E-state index < -0.39 is 0 Å². The summed E-state index contributed by atoms with van der Waals surface area (Å²) >= 11 is 1.65. The van der Waals surface area contributed by atoms with Crippen LogP contribution in [0.2, 0.25) is 0 Å². The minimum absolute atomic E-state index is 0.315. The molecule has 0 saturated heterocycles. The standard InChI is InChI=1S/C13H13NO3S/c1-9-5-10(13(15)16-2)3-4-12(9)18-7-11-6-14-8-17-11/h3-6,8H,7H2,1-2H3. The van der Waals surface area contributed by atoms with Gasteiger partial charge >= 0.3 is 5.97 Å². The van der Waals surface area contributed by atoms with Crippen molar-refractivity contribution in [2.75, 3.05) is 7.11 Å². The zero-order valence-corrected chi connectivity index (χ0v) is 11.0. The molecule has 0 fully saturated rings. The van der Waals surface area contributed by atoms with E-state index in [1.807, 2.05) is 19.1 Å². The molecule has 2 rings (SSSR count). The van der Waals surface area contributed by atoms with E-state index in [0.29, 0.717) is 5.56 Å². The van der Waals surface area contributed by atoms with E-state index in [1.54, 1.807) is 24.0 Å². The van der Waals surface area contributed by atoms with Crippen LogP contribution in [-0.2, 0) is 10.5 Å². The molecule has 0 saturated carbocycles. The quantitative estimate of drug-likeness (QED) is 0.626. The minimum atomic E-state index is -0.315. The Morgan fingerprint density at radius 2 is 2.33 bits per heavy atom. The molecule has 2 aromatic rings. The predicted molar refractivity (Wildman–Crippen MR) is 68.6 cm³/mol. The highest BCUT2D eigenvalue weighted by Gasteiger charge is 2.08. The van der Waals surface area contributed by atoms with Crippen LogP contribution < -0.4 is 0 Å². The number of carbonyl (C=O) groups excluding carboxylic acids is 1. The van der Waals surface area contributed by atoms with Crippen LogP contribution in [0.4, 0.5) is 0 Å². The average Bonchev–Trinajstić information content (AvgIpc) is 2.89. The second kappa shape index (κ2) is 5.73. The van der Waals surface area contributed by atoms with E-state index in [2.05, 4.69) is 9.72 Å². The van der Waals surface area contributed by atoms with Crippen molar-refractivity contribution in [3.8, 4) is 0 Å². The lowest BCUT2D eigenvalue weighted by molar-refractivity contribution is 0.0600. The number of aryl methyl sites for hydroxylation is 1. The number of aromatic nitrogens is 1. The van der Waals surface area contributed by atoms with Crippen LogP contribution in [0, 0.1) is 6.92 Å². The Bertz CT molecular complexity index is 537. The molecule has 1 heterocycles. The fraction of sp³-hybridized carbons (Fsp3) is 0.231. The normalized spacial score (nSPS) is 10.3. The van der Waals surface area contributed by atoms with Gasteiger partial charge in [-0.25, -0.2) is 9.78 Å². The second-order valence-electron chi connectivity index (χ2n) is 3.73. The van der Waals surface area contributed by atoms with Gasteiger partial charge in [0.15, 0.2) is 6.39 Å². The van der Waals surface area contributed by atoms with Crippen molar-refractivity contribution in [1.29, 1.82) is 0 Å². The Morgan fingerprint density at radius 1 is 1.50 bits per heavy atom. The lowest BCUT2D eigenvalue weighted by Crippen LogP contribution is -2.01. The number of hydrogen-bond donors (Lipinski definition) is 0. The second-order valence-corrected chi connectivity index (χ2v) is 4.75. The van der Waals surface area contributed by atoms with E-state index >= 15 is 0 Å². The molecule has 0 spiro atoms. The molecule has 94 valence electrons. The number of thioether (sulfide) groups is 1. The first kappa shape index (κ1) is 12.7. The maximum Gasteiger partial charge on any atom is 0.337 e. The van der Waals surface area contributed by atoms with Crippen molar-refractivity contribution >= 4 is 17.7 Å². The summed E-state index contributed by atoms with van der Waals surface area (Å²) in [6.45, 7) is 1.97. The molecule has 0 aliphatic carbocycles. The van der Waals surface area contributed by atoms with Crippen LogP contribution >= 0.6 is 11.8 Å². The Hall–Kier alpha value is -1.75. The van der Waals surface area contributed by atoms with E-state index in [-0.39, 0.29) is 5.97 Å². The van der Waals surface area contributed by atoms with E-state index in [1.165, 1.54) is 13.5 Å². The third-order valence-corrected chi connectivity index (χ3v) is 3.65. The lowest BCUT2D eigenvalue weighted by atomic mass is 10.1. The summed E-state index contributed by atoms with van der Waals surface area (Å²) in [5.41, 5.74) is 1.61. The molecule has 0 aliphatic rings. The first-order valence-electron chi connectivity index (χ1n) is 5.40. The summed E-state index contributed by atoms with van der Waals surface area (Å²) in [4.78, 5) is 16.3. The average molecular weight is 263 g/mol. The molecule has 1 aromatic heterocycles. The monoisotopic (exact) mass is 263 g/mol. The van der Waals surface area contributed by atoms with Crippen LogP contribution in [0.3, 0.4) is 0 Å². The fourth-order valence-corrected chi connectivity index (χ4v) is 2.41. The number of rotatable bonds is 4. The van der Waals surface area contributed by atoms with Gasteiger partial charge in [0.2, 0.25) is 0 Å². The van der Waals surface area contributed by atoms with Crippen molar-refractivity contribution < 1.29 is 13.9 Å². The van der Waals surface area contributed by atoms with E-state index in [9.17, 15) is 4.79 Å². The van der Waals surface area contributed by atoms with Gasteiger partial charge in [0.1, 0.15) is 5.76 Å².